The van der Waals surface area contributed by atoms with Gasteiger partial charge in [-0.3, -0.25) is 0 Å². The van der Waals surface area contributed by atoms with Gasteiger partial charge in [-0.2, -0.15) is 0 Å². The number of likely N-dealkylation sites (tertiary alicyclic amines) is 1. The van der Waals surface area contributed by atoms with Gasteiger partial charge in [-0.1, -0.05) is 0 Å². The number of hydrogen-bond acceptors (Lipinski definition) is 3. The number of amides is 1. The molecule has 1 saturated heterocycles. The third-order valence-electron chi connectivity index (χ3n) is 3.16. The molecule has 1 aliphatic rings. The second kappa shape index (κ2) is 5.25. The number of carbonyl (C=O) groups is 1. The van der Waals surface area contributed by atoms with Crippen LogP contribution in [0.2, 0.25) is 0 Å². The summed E-state index contributed by atoms with van der Waals surface area (Å²) < 4.78 is 5.41. The van der Waals surface area contributed by atoms with Crippen LogP contribution < -0.4 is 0 Å². The van der Waals surface area contributed by atoms with E-state index in [1.807, 2.05) is 34.6 Å². The number of hydrogen-bond donors (Lipinski definition) is 1. The summed E-state index contributed by atoms with van der Waals surface area (Å²) in [5.41, 5.74) is -0.454. The lowest BCUT2D eigenvalue weighted by Gasteiger charge is -2.42. The van der Waals surface area contributed by atoms with Crippen LogP contribution in [-0.4, -0.2) is 40.4 Å². The standard InChI is InChI=1S/C13H25NO3/c1-9-6-11(8-15)7-10(2)14(9)12(16)17-13(3,4)5/h9-11,15H,6-8H2,1-5H3/t9-,10+,11?. The average Bonchev–Trinajstić information content (AvgIpc) is 2.13. The van der Waals surface area contributed by atoms with Gasteiger partial charge in [-0.15, -0.1) is 0 Å². The highest BCUT2D eigenvalue weighted by Crippen LogP contribution is 2.28. The van der Waals surface area contributed by atoms with Crippen molar-refractivity contribution in [2.75, 3.05) is 6.61 Å². The molecule has 17 heavy (non-hydrogen) atoms. The van der Waals surface area contributed by atoms with E-state index in [1.54, 1.807) is 4.90 Å². The van der Waals surface area contributed by atoms with Crippen LogP contribution in [0.5, 0.6) is 0 Å². The number of aliphatic hydroxyl groups is 1. The second-order valence-corrected chi connectivity index (χ2v) is 6.11. The topological polar surface area (TPSA) is 49.8 Å². The number of nitrogens with zero attached hydrogens (tertiary/aromatic N) is 1. The first-order chi connectivity index (χ1) is 7.74. The molecule has 3 atom stereocenters. The number of ether oxygens (including phenoxy) is 1. The van der Waals surface area contributed by atoms with Crippen LogP contribution in [-0.2, 0) is 4.74 Å². The Labute approximate surface area is 104 Å². The first-order valence-corrected chi connectivity index (χ1v) is 6.36. The van der Waals surface area contributed by atoms with E-state index in [9.17, 15) is 9.90 Å². The van der Waals surface area contributed by atoms with Gasteiger partial charge in [0.2, 0.25) is 0 Å². The molecule has 0 saturated carbocycles. The van der Waals surface area contributed by atoms with Crippen molar-refractivity contribution >= 4 is 6.09 Å². The Bertz CT molecular complexity index is 260. The van der Waals surface area contributed by atoms with Crippen LogP contribution in [0.3, 0.4) is 0 Å². The summed E-state index contributed by atoms with van der Waals surface area (Å²) in [4.78, 5) is 13.9. The Kier molecular flexibility index (Phi) is 4.42. The number of rotatable bonds is 1. The zero-order valence-electron chi connectivity index (χ0n) is 11.6. The maximum Gasteiger partial charge on any atom is 0.410 e. The zero-order chi connectivity index (χ0) is 13.2. The van der Waals surface area contributed by atoms with Crippen molar-refractivity contribution in [2.45, 2.75) is 65.1 Å². The molecule has 1 aliphatic heterocycles. The summed E-state index contributed by atoms with van der Waals surface area (Å²) in [6.45, 7) is 9.86. The molecule has 4 heteroatoms. The van der Waals surface area contributed by atoms with Gasteiger partial charge in [-0.05, 0) is 53.4 Å². The largest absolute Gasteiger partial charge is 0.444 e. The molecule has 0 aromatic rings. The average molecular weight is 243 g/mol. The highest BCUT2D eigenvalue weighted by atomic mass is 16.6. The highest BCUT2D eigenvalue weighted by molar-refractivity contribution is 5.69. The summed E-state index contributed by atoms with van der Waals surface area (Å²) >= 11 is 0. The third-order valence-corrected chi connectivity index (χ3v) is 3.16. The van der Waals surface area contributed by atoms with Crippen molar-refractivity contribution < 1.29 is 14.6 Å². The number of piperidine rings is 1. The molecule has 0 spiro atoms. The molecule has 1 N–H and O–H groups in total. The van der Waals surface area contributed by atoms with E-state index in [1.165, 1.54) is 0 Å². The molecule has 0 bridgehead atoms. The van der Waals surface area contributed by atoms with Gasteiger partial charge in [0.25, 0.3) is 0 Å². The monoisotopic (exact) mass is 243 g/mol. The fourth-order valence-electron chi connectivity index (χ4n) is 2.55. The van der Waals surface area contributed by atoms with Crippen molar-refractivity contribution in [2.24, 2.45) is 5.92 Å². The smallest absolute Gasteiger partial charge is 0.410 e. The van der Waals surface area contributed by atoms with Gasteiger partial charge in [0.15, 0.2) is 0 Å². The molecule has 100 valence electrons. The van der Waals surface area contributed by atoms with Crippen molar-refractivity contribution in [1.82, 2.24) is 4.90 Å². The normalized spacial score (nSPS) is 30.2. The third kappa shape index (κ3) is 3.87. The molecule has 1 fully saturated rings. The molecule has 1 unspecified atom stereocenters. The predicted octanol–water partition coefficient (Wildman–Crippen LogP) is 2.40. The summed E-state index contributed by atoms with van der Waals surface area (Å²) in [7, 11) is 0. The SMILES string of the molecule is C[C@@H]1CC(CO)C[C@H](C)N1C(=O)OC(C)(C)C. The molecule has 1 rings (SSSR count). The highest BCUT2D eigenvalue weighted by Gasteiger charge is 2.35. The van der Waals surface area contributed by atoms with Crippen LogP contribution in [0.1, 0.15) is 47.5 Å². The van der Waals surface area contributed by atoms with Gasteiger partial charge in [0, 0.05) is 18.7 Å². The van der Waals surface area contributed by atoms with Crippen molar-refractivity contribution in [1.29, 1.82) is 0 Å². The van der Waals surface area contributed by atoms with Gasteiger partial charge in [0.1, 0.15) is 5.60 Å². The fourth-order valence-corrected chi connectivity index (χ4v) is 2.55. The predicted molar refractivity (Wildman–Crippen MR) is 66.8 cm³/mol. The van der Waals surface area contributed by atoms with E-state index in [4.69, 9.17) is 4.74 Å². The maximum absolute atomic E-state index is 12.1. The Balaban J connectivity index is 2.67. The molecule has 0 aliphatic carbocycles. The van der Waals surface area contributed by atoms with E-state index in [0.29, 0.717) is 5.92 Å². The van der Waals surface area contributed by atoms with Crippen LogP contribution in [0.4, 0.5) is 4.79 Å². The number of aliphatic hydroxyl groups excluding tert-OH is 1. The first kappa shape index (κ1) is 14.3. The van der Waals surface area contributed by atoms with E-state index < -0.39 is 5.60 Å². The maximum atomic E-state index is 12.1. The summed E-state index contributed by atoms with van der Waals surface area (Å²) in [5, 5.41) is 9.20. The molecule has 1 heterocycles. The Hall–Kier alpha value is -0.770. The van der Waals surface area contributed by atoms with Gasteiger partial charge in [0.05, 0.1) is 0 Å². The summed E-state index contributed by atoms with van der Waals surface area (Å²) in [6.07, 6.45) is 1.45. The molecule has 1 amide bonds. The van der Waals surface area contributed by atoms with E-state index in [0.717, 1.165) is 12.8 Å². The quantitative estimate of drug-likeness (QED) is 0.769. The van der Waals surface area contributed by atoms with Crippen LogP contribution in [0.25, 0.3) is 0 Å². The lowest BCUT2D eigenvalue weighted by atomic mass is 9.88. The molecular formula is C13H25NO3. The minimum absolute atomic E-state index is 0.130. The summed E-state index contributed by atoms with van der Waals surface area (Å²) in [6, 6.07) is 0.261. The van der Waals surface area contributed by atoms with Crippen molar-refractivity contribution in [3.63, 3.8) is 0 Å². The van der Waals surface area contributed by atoms with E-state index >= 15 is 0 Å². The van der Waals surface area contributed by atoms with Crippen LogP contribution in [0, 0.1) is 5.92 Å². The van der Waals surface area contributed by atoms with Gasteiger partial charge in [-0.25, -0.2) is 4.79 Å². The molecule has 4 nitrogen and oxygen atoms in total. The van der Waals surface area contributed by atoms with Crippen molar-refractivity contribution in [3.05, 3.63) is 0 Å². The molecular weight excluding hydrogens is 218 g/mol. The first-order valence-electron chi connectivity index (χ1n) is 6.36. The Morgan fingerprint density at radius 1 is 1.29 bits per heavy atom. The molecule has 0 radical (unpaired) electrons. The Morgan fingerprint density at radius 3 is 2.12 bits per heavy atom. The minimum atomic E-state index is -0.454. The lowest BCUT2D eigenvalue weighted by Crippen LogP contribution is -2.51. The Morgan fingerprint density at radius 2 is 1.76 bits per heavy atom. The second-order valence-electron chi connectivity index (χ2n) is 6.11. The van der Waals surface area contributed by atoms with Crippen molar-refractivity contribution in [3.8, 4) is 0 Å². The van der Waals surface area contributed by atoms with E-state index in [-0.39, 0.29) is 24.8 Å². The number of carbonyl (C=O) groups excluding carboxylic acids is 1. The fraction of sp³-hybridized carbons (Fsp3) is 0.923. The van der Waals surface area contributed by atoms with Gasteiger partial charge < -0.3 is 14.7 Å². The van der Waals surface area contributed by atoms with Crippen LogP contribution in [0.15, 0.2) is 0 Å². The molecule has 0 aromatic heterocycles. The minimum Gasteiger partial charge on any atom is -0.444 e. The van der Waals surface area contributed by atoms with E-state index in [2.05, 4.69) is 0 Å². The molecule has 0 aromatic carbocycles. The van der Waals surface area contributed by atoms with Gasteiger partial charge >= 0.3 is 6.09 Å². The summed E-state index contributed by atoms with van der Waals surface area (Å²) in [5.74, 6) is 0.304. The lowest BCUT2D eigenvalue weighted by molar-refractivity contribution is -0.0119. The van der Waals surface area contributed by atoms with Crippen LogP contribution >= 0.6 is 0 Å². The zero-order valence-corrected chi connectivity index (χ0v) is 11.6.